The van der Waals surface area contributed by atoms with E-state index >= 15 is 0 Å². The Hall–Kier alpha value is -2.76. The van der Waals surface area contributed by atoms with E-state index in [4.69, 9.17) is 4.42 Å². The first kappa shape index (κ1) is 20.2. The Kier molecular flexibility index (Phi) is 5.47. The van der Waals surface area contributed by atoms with Gasteiger partial charge in [0.05, 0.1) is 18.4 Å². The average molecular weight is 422 g/mol. The van der Waals surface area contributed by atoms with Crippen molar-refractivity contribution in [2.45, 2.75) is 51.6 Å². The lowest BCUT2D eigenvalue weighted by molar-refractivity contribution is -0.136. The summed E-state index contributed by atoms with van der Waals surface area (Å²) in [5.74, 6) is 1.22. The highest BCUT2D eigenvalue weighted by molar-refractivity contribution is 5.95. The summed E-state index contributed by atoms with van der Waals surface area (Å²) in [5.41, 5.74) is 3.22. The standard InChI is InChI=1S/C25H31N3O3/c1-18-16-20-8-4-5-9-22(20)28(18)17-23-21(10-15-31-23)25(30)27-13-11-26(12-14-27)24(29)19-6-2-3-7-19/h4-5,8-10,15,18-19H,2-3,6-7,11-14,16-17H2,1H3. The van der Waals surface area contributed by atoms with Gasteiger partial charge in [-0.25, -0.2) is 0 Å². The molecule has 1 aromatic heterocycles. The predicted octanol–water partition coefficient (Wildman–Crippen LogP) is 3.71. The molecule has 3 heterocycles. The van der Waals surface area contributed by atoms with E-state index < -0.39 is 0 Å². The number of rotatable bonds is 4. The molecule has 0 bridgehead atoms. The largest absolute Gasteiger partial charge is 0.467 e. The molecular weight excluding hydrogens is 390 g/mol. The first-order valence-corrected chi connectivity index (χ1v) is 11.6. The number of nitrogens with zero attached hydrogens (tertiary/aromatic N) is 3. The Balaban J connectivity index is 1.24. The van der Waals surface area contributed by atoms with Crippen molar-refractivity contribution < 1.29 is 14.0 Å². The van der Waals surface area contributed by atoms with Crippen LogP contribution in [-0.2, 0) is 17.8 Å². The number of hydrogen-bond donors (Lipinski definition) is 0. The second-order valence-corrected chi connectivity index (χ2v) is 9.17. The van der Waals surface area contributed by atoms with Crippen LogP contribution in [0.2, 0.25) is 0 Å². The summed E-state index contributed by atoms with van der Waals surface area (Å²) in [6.07, 6.45) is 7.01. The van der Waals surface area contributed by atoms with E-state index in [1.165, 1.54) is 11.3 Å². The van der Waals surface area contributed by atoms with Crippen LogP contribution in [0.4, 0.5) is 5.69 Å². The van der Waals surface area contributed by atoms with Gasteiger partial charge in [-0.3, -0.25) is 9.59 Å². The van der Waals surface area contributed by atoms with Gasteiger partial charge in [0.1, 0.15) is 5.76 Å². The van der Waals surface area contributed by atoms with Gasteiger partial charge in [-0.15, -0.1) is 0 Å². The van der Waals surface area contributed by atoms with Crippen LogP contribution in [0.5, 0.6) is 0 Å². The summed E-state index contributed by atoms with van der Waals surface area (Å²) in [6.45, 7) is 5.24. The van der Waals surface area contributed by atoms with Crippen molar-refractivity contribution in [3.05, 3.63) is 53.5 Å². The number of fused-ring (bicyclic) bond motifs is 1. The van der Waals surface area contributed by atoms with Gasteiger partial charge in [-0.2, -0.15) is 0 Å². The Morgan fingerprint density at radius 2 is 1.71 bits per heavy atom. The molecule has 1 unspecified atom stereocenters. The Labute approximate surface area is 183 Å². The third-order valence-corrected chi connectivity index (χ3v) is 7.22. The van der Waals surface area contributed by atoms with Gasteiger partial charge in [-0.1, -0.05) is 31.0 Å². The average Bonchev–Trinajstić information content (AvgIpc) is 3.54. The molecule has 1 saturated carbocycles. The van der Waals surface area contributed by atoms with E-state index in [9.17, 15) is 9.59 Å². The van der Waals surface area contributed by atoms with Gasteiger partial charge < -0.3 is 19.1 Å². The highest BCUT2D eigenvalue weighted by atomic mass is 16.3. The summed E-state index contributed by atoms with van der Waals surface area (Å²) in [5, 5.41) is 0. The fraction of sp³-hybridized carbons (Fsp3) is 0.520. The molecule has 3 aliphatic rings. The highest BCUT2D eigenvalue weighted by Crippen LogP contribution is 2.34. The van der Waals surface area contributed by atoms with Crippen LogP contribution in [-0.4, -0.2) is 53.8 Å². The summed E-state index contributed by atoms with van der Waals surface area (Å²) in [4.78, 5) is 32.1. The lowest BCUT2D eigenvalue weighted by Crippen LogP contribution is -2.51. The van der Waals surface area contributed by atoms with Gasteiger partial charge in [0.25, 0.3) is 5.91 Å². The maximum Gasteiger partial charge on any atom is 0.257 e. The smallest absolute Gasteiger partial charge is 0.257 e. The molecule has 164 valence electrons. The van der Waals surface area contributed by atoms with Gasteiger partial charge in [0, 0.05) is 43.8 Å². The van der Waals surface area contributed by atoms with Gasteiger partial charge >= 0.3 is 0 Å². The van der Waals surface area contributed by atoms with E-state index in [0.29, 0.717) is 44.3 Å². The molecule has 1 atom stereocenters. The molecule has 6 nitrogen and oxygen atoms in total. The number of hydrogen-bond acceptors (Lipinski definition) is 4. The van der Waals surface area contributed by atoms with Crippen molar-refractivity contribution in [1.82, 2.24) is 9.80 Å². The number of benzene rings is 1. The molecule has 2 amide bonds. The molecule has 1 saturated heterocycles. The second-order valence-electron chi connectivity index (χ2n) is 9.17. The topological polar surface area (TPSA) is 57.0 Å². The van der Waals surface area contributed by atoms with E-state index in [1.54, 1.807) is 12.3 Å². The Morgan fingerprint density at radius 1 is 1.00 bits per heavy atom. The maximum atomic E-state index is 13.3. The number of anilines is 1. The zero-order chi connectivity index (χ0) is 21.4. The molecule has 0 radical (unpaired) electrons. The molecule has 1 aromatic carbocycles. The van der Waals surface area contributed by atoms with Crippen LogP contribution in [0.15, 0.2) is 41.0 Å². The minimum absolute atomic E-state index is 0.0110. The first-order chi connectivity index (χ1) is 15.1. The highest BCUT2D eigenvalue weighted by Gasteiger charge is 2.33. The molecule has 0 spiro atoms. The number of carbonyl (C=O) groups excluding carboxylic acids is 2. The van der Waals surface area contributed by atoms with Gasteiger partial charge in [-0.05, 0) is 43.9 Å². The van der Waals surface area contributed by atoms with Crippen molar-refractivity contribution in [2.75, 3.05) is 31.1 Å². The lowest BCUT2D eigenvalue weighted by atomic mass is 10.1. The number of para-hydroxylation sites is 1. The first-order valence-electron chi connectivity index (χ1n) is 11.6. The van der Waals surface area contributed by atoms with E-state index in [1.807, 2.05) is 9.80 Å². The normalized spacial score (nSPS) is 21.6. The van der Waals surface area contributed by atoms with E-state index in [2.05, 4.69) is 36.1 Å². The summed E-state index contributed by atoms with van der Waals surface area (Å²) < 4.78 is 5.78. The zero-order valence-corrected chi connectivity index (χ0v) is 18.3. The van der Waals surface area contributed by atoms with Crippen molar-refractivity contribution in [1.29, 1.82) is 0 Å². The number of carbonyl (C=O) groups is 2. The summed E-state index contributed by atoms with van der Waals surface area (Å²) in [6, 6.07) is 10.6. The maximum absolute atomic E-state index is 13.3. The van der Waals surface area contributed by atoms with Crippen LogP contribution in [0.1, 0.15) is 54.3 Å². The SMILES string of the molecule is CC1Cc2ccccc2N1Cc1occc1C(=O)N1CCN(C(=O)C2CCCC2)CC1. The summed E-state index contributed by atoms with van der Waals surface area (Å²) in [7, 11) is 0. The Morgan fingerprint density at radius 3 is 2.48 bits per heavy atom. The van der Waals surface area contributed by atoms with Crippen LogP contribution < -0.4 is 4.90 Å². The monoisotopic (exact) mass is 421 g/mol. The van der Waals surface area contributed by atoms with E-state index in [0.717, 1.165) is 37.9 Å². The van der Waals surface area contributed by atoms with Crippen LogP contribution in [0.3, 0.4) is 0 Å². The molecule has 0 N–H and O–H groups in total. The quantitative estimate of drug-likeness (QED) is 0.755. The van der Waals surface area contributed by atoms with Crippen LogP contribution in [0.25, 0.3) is 0 Å². The lowest BCUT2D eigenvalue weighted by Gasteiger charge is -2.36. The third kappa shape index (κ3) is 3.84. The Bertz CT molecular complexity index is 954. The van der Waals surface area contributed by atoms with Crippen LogP contribution >= 0.6 is 0 Å². The second kappa shape index (κ2) is 8.40. The van der Waals surface area contributed by atoms with Crippen molar-refractivity contribution in [2.24, 2.45) is 5.92 Å². The zero-order valence-electron chi connectivity index (χ0n) is 18.3. The fourth-order valence-electron chi connectivity index (χ4n) is 5.41. The van der Waals surface area contributed by atoms with Gasteiger partial charge in [0.15, 0.2) is 0 Å². The molecule has 2 aromatic rings. The minimum Gasteiger partial charge on any atom is -0.467 e. The van der Waals surface area contributed by atoms with Crippen molar-refractivity contribution in [3.63, 3.8) is 0 Å². The number of piperazine rings is 1. The summed E-state index contributed by atoms with van der Waals surface area (Å²) >= 11 is 0. The molecule has 2 fully saturated rings. The number of furan rings is 1. The van der Waals surface area contributed by atoms with Crippen molar-refractivity contribution >= 4 is 17.5 Å². The molecule has 31 heavy (non-hydrogen) atoms. The fourth-order valence-corrected chi connectivity index (χ4v) is 5.41. The minimum atomic E-state index is 0.0110. The number of amides is 2. The van der Waals surface area contributed by atoms with E-state index in [-0.39, 0.29) is 17.7 Å². The molecular formula is C25H31N3O3. The third-order valence-electron chi connectivity index (χ3n) is 7.22. The van der Waals surface area contributed by atoms with Crippen LogP contribution in [0, 0.1) is 5.92 Å². The molecule has 6 heteroatoms. The molecule has 1 aliphatic carbocycles. The molecule has 5 rings (SSSR count). The molecule has 2 aliphatic heterocycles. The predicted molar refractivity (Wildman–Crippen MR) is 119 cm³/mol. The van der Waals surface area contributed by atoms with Gasteiger partial charge in [0.2, 0.25) is 5.91 Å². The van der Waals surface area contributed by atoms with Crippen molar-refractivity contribution in [3.8, 4) is 0 Å².